The first-order valence-electron chi connectivity index (χ1n) is 5.68. The average molecular weight is 255 g/mol. The highest BCUT2D eigenvalue weighted by molar-refractivity contribution is 6.36. The molecule has 0 aliphatic rings. The Morgan fingerprint density at radius 1 is 1.47 bits per heavy atom. The van der Waals surface area contributed by atoms with Crippen molar-refractivity contribution in [2.24, 2.45) is 5.41 Å². The molecule has 0 aromatic carbocycles. The molecular formula is C13H19ClN2O. The maximum Gasteiger partial charge on any atom is 0.170 e. The number of halogens is 1. The van der Waals surface area contributed by atoms with Gasteiger partial charge in [0, 0.05) is 31.3 Å². The van der Waals surface area contributed by atoms with E-state index in [2.05, 4.69) is 4.98 Å². The van der Waals surface area contributed by atoms with E-state index in [0.29, 0.717) is 16.4 Å². The van der Waals surface area contributed by atoms with Crippen molar-refractivity contribution in [2.75, 3.05) is 19.0 Å². The van der Waals surface area contributed by atoms with E-state index in [0.717, 1.165) is 6.42 Å². The lowest BCUT2D eigenvalue weighted by Crippen LogP contribution is -2.24. The fourth-order valence-electron chi connectivity index (χ4n) is 1.44. The van der Waals surface area contributed by atoms with Gasteiger partial charge < -0.3 is 4.90 Å². The molecule has 0 aliphatic heterocycles. The van der Waals surface area contributed by atoms with Crippen molar-refractivity contribution < 1.29 is 4.79 Å². The second-order valence-corrected chi connectivity index (χ2v) is 5.34. The van der Waals surface area contributed by atoms with Crippen LogP contribution in [0.25, 0.3) is 0 Å². The van der Waals surface area contributed by atoms with Crippen molar-refractivity contribution >= 4 is 23.2 Å². The number of anilines is 1. The van der Waals surface area contributed by atoms with Crippen molar-refractivity contribution in [3.05, 3.63) is 22.8 Å². The summed E-state index contributed by atoms with van der Waals surface area (Å²) in [7, 11) is 3.71. The van der Waals surface area contributed by atoms with Gasteiger partial charge in [-0.25, -0.2) is 4.98 Å². The third-order valence-corrected chi connectivity index (χ3v) is 3.41. The predicted octanol–water partition coefficient (Wildman–Crippen LogP) is 3.42. The van der Waals surface area contributed by atoms with Crippen LogP contribution in [0.15, 0.2) is 12.3 Å². The molecule has 1 heterocycles. The lowest BCUT2D eigenvalue weighted by atomic mass is 9.82. The van der Waals surface area contributed by atoms with Gasteiger partial charge in [0.15, 0.2) is 5.78 Å². The maximum atomic E-state index is 12.4. The van der Waals surface area contributed by atoms with Gasteiger partial charge >= 0.3 is 0 Å². The summed E-state index contributed by atoms with van der Waals surface area (Å²) < 4.78 is 0. The van der Waals surface area contributed by atoms with Crippen molar-refractivity contribution in [3.8, 4) is 0 Å². The number of ketones is 1. The minimum absolute atomic E-state index is 0.0653. The van der Waals surface area contributed by atoms with Crippen molar-refractivity contribution in [3.63, 3.8) is 0 Å². The Hall–Kier alpha value is -1.09. The van der Waals surface area contributed by atoms with E-state index in [1.54, 1.807) is 17.2 Å². The fraction of sp³-hybridized carbons (Fsp3) is 0.538. The number of carbonyl (C=O) groups excluding carboxylic acids is 1. The van der Waals surface area contributed by atoms with Crippen molar-refractivity contribution in [2.45, 2.75) is 27.2 Å². The Labute approximate surface area is 108 Å². The van der Waals surface area contributed by atoms with E-state index >= 15 is 0 Å². The summed E-state index contributed by atoms with van der Waals surface area (Å²) >= 11 is 6.24. The van der Waals surface area contributed by atoms with E-state index in [-0.39, 0.29) is 5.78 Å². The average Bonchev–Trinajstić information content (AvgIpc) is 2.28. The molecular weight excluding hydrogens is 236 g/mol. The SMILES string of the molecule is CCC(C)(C)C(=O)c1ccnc(N(C)C)c1Cl. The predicted molar refractivity (Wildman–Crippen MR) is 72.0 cm³/mol. The van der Waals surface area contributed by atoms with Crippen LogP contribution in [0.3, 0.4) is 0 Å². The second kappa shape index (κ2) is 5.05. The third-order valence-electron chi connectivity index (χ3n) is 3.04. The minimum Gasteiger partial charge on any atom is -0.361 e. The van der Waals surface area contributed by atoms with Gasteiger partial charge in [0.1, 0.15) is 5.82 Å². The molecule has 1 aromatic heterocycles. The van der Waals surface area contributed by atoms with Gasteiger partial charge in [0.25, 0.3) is 0 Å². The molecule has 0 aliphatic carbocycles. The Morgan fingerprint density at radius 3 is 2.53 bits per heavy atom. The number of carbonyl (C=O) groups is 1. The quantitative estimate of drug-likeness (QED) is 0.772. The minimum atomic E-state index is -0.394. The normalized spacial score (nSPS) is 11.4. The van der Waals surface area contributed by atoms with Gasteiger partial charge in [0.2, 0.25) is 0 Å². The summed E-state index contributed by atoms with van der Waals surface area (Å²) in [5.41, 5.74) is 0.159. The molecule has 0 radical (unpaired) electrons. The first-order chi connectivity index (χ1) is 7.81. The molecule has 0 spiro atoms. The van der Waals surface area contributed by atoms with Crippen LogP contribution in [0.2, 0.25) is 5.02 Å². The Morgan fingerprint density at radius 2 is 2.06 bits per heavy atom. The number of aromatic nitrogens is 1. The molecule has 0 N–H and O–H groups in total. The summed E-state index contributed by atoms with van der Waals surface area (Å²) in [5, 5.41) is 0.434. The van der Waals surface area contributed by atoms with Crippen LogP contribution in [0, 0.1) is 5.41 Å². The molecule has 0 atom stereocenters. The smallest absolute Gasteiger partial charge is 0.170 e. The highest BCUT2D eigenvalue weighted by Crippen LogP contribution is 2.32. The van der Waals surface area contributed by atoms with Crippen LogP contribution in [0.5, 0.6) is 0 Å². The van der Waals surface area contributed by atoms with Crippen LogP contribution in [-0.4, -0.2) is 24.9 Å². The molecule has 17 heavy (non-hydrogen) atoms. The van der Waals surface area contributed by atoms with E-state index in [9.17, 15) is 4.79 Å². The molecule has 1 aromatic rings. The standard InChI is InChI=1S/C13H19ClN2O/c1-6-13(2,3)11(17)9-7-8-15-12(10(9)14)16(4)5/h7-8H,6H2,1-5H3. The number of pyridine rings is 1. The van der Waals surface area contributed by atoms with Crippen LogP contribution in [0.4, 0.5) is 5.82 Å². The largest absolute Gasteiger partial charge is 0.361 e. The molecule has 0 saturated carbocycles. The monoisotopic (exact) mass is 254 g/mol. The van der Waals surface area contributed by atoms with Crippen LogP contribution in [0.1, 0.15) is 37.6 Å². The van der Waals surface area contributed by atoms with Crippen molar-refractivity contribution in [1.82, 2.24) is 4.98 Å². The molecule has 0 unspecified atom stereocenters. The molecule has 0 fully saturated rings. The molecule has 4 heteroatoms. The number of nitrogens with zero attached hydrogens (tertiary/aromatic N) is 2. The molecule has 0 bridgehead atoms. The lowest BCUT2D eigenvalue weighted by Gasteiger charge is -2.22. The molecule has 0 amide bonds. The highest BCUT2D eigenvalue weighted by atomic mass is 35.5. The zero-order chi connectivity index (χ0) is 13.2. The summed E-state index contributed by atoms with van der Waals surface area (Å²) in [5.74, 6) is 0.694. The lowest BCUT2D eigenvalue weighted by molar-refractivity contribution is 0.0833. The maximum absolute atomic E-state index is 12.4. The molecule has 94 valence electrons. The van der Waals surface area contributed by atoms with Gasteiger partial charge in [-0.05, 0) is 12.5 Å². The van der Waals surface area contributed by atoms with Crippen LogP contribution < -0.4 is 4.90 Å². The van der Waals surface area contributed by atoms with E-state index < -0.39 is 5.41 Å². The number of rotatable bonds is 4. The summed E-state index contributed by atoms with van der Waals surface area (Å²) in [6, 6.07) is 1.69. The molecule has 1 rings (SSSR count). The van der Waals surface area contributed by atoms with Crippen molar-refractivity contribution in [1.29, 1.82) is 0 Å². The Bertz CT molecular complexity index is 427. The van der Waals surface area contributed by atoms with Gasteiger partial charge in [0.05, 0.1) is 5.02 Å². The zero-order valence-corrected chi connectivity index (χ0v) is 11.8. The second-order valence-electron chi connectivity index (χ2n) is 4.96. The molecule has 3 nitrogen and oxygen atoms in total. The number of hydrogen-bond acceptors (Lipinski definition) is 3. The number of Topliss-reactive ketones (excluding diaryl/α,β-unsaturated/α-hetero) is 1. The summed E-state index contributed by atoms with van der Waals surface area (Å²) in [6.07, 6.45) is 2.40. The van der Waals surface area contributed by atoms with Crippen LogP contribution in [-0.2, 0) is 0 Å². The summed E-state index contributed by atoms with van der Waals surface area (Å²) in [6.45, 7) is 5.86. The molecule has 0 saturated heterocycles. The Balaban J connectivity index is 3.25. The van der Waals surface area contributed by atoms with E-state index in [4.69, 9.17) is 11.6 Å². The summed E-state index contributed by atoms with van der Waals surface area (Å²) in [4.78, 5) is 18.3. The van der Waals surface area contributed by atoms with Gasteiger partial charge in [-0.2, -0.15) is 0 Å². The third kappa shape index (κ3) is 2.78. The van der Waals surface area contributed by atoms with Gasteiger partial charge in [-0.1, -0.05) is 32.4 Å². The fourth-order valence-corrected chi connectivity index (χ4v) is 1.81. The topological polar surface area (TPSA) is 33.2 Å². The van der Waals surface area contributed by atoms with E-state index in [1.807, 2.05) is 34.9 Å². The van der Waals surface area contributed by atoms with Gasteiger partial charge in [-0.3, -0.25) is 4.79 Å². The zero-order valence-electron chi connectivity index (χ0n) is 11.0. The highest BCUT2D eigenvalue weighted by Gasteiger charge is 2.29. The van der Waals surface area contributed by atoms with Gasteiger partial charge in [-0.15, -0.1) is 0 Å². The van der Waals surface area contributed by atoms with Crippen LogP contribution >= 0.6 is 11.6 Å². The number of hydrogen-bond donors (Lipinski definition) is 0. The van der Waals surface area contributed by atoms with E-state index in [1.165, 1.54) is 0 Å². The Kier molecular flexibility index (Phi) is 4.15. The first-order valence-corrected chi connectivity index (χ1v) is 6.05. The first kappa shape index (κ1) is 14.0.